The van der Waals surface area contributed by atoms with E-state index < -0.39 is 11.7 Å². The van der Waals surface area contributed by atoms with Crippen LogP contribution in [0.1, 0.15) is 50.7 Å². The van der Waals surface area contributed by atoms with Gasteiger partial charge in [-0.25, -0.2) is 0 Å². The topological polar surface area (TPSA) is 55.6 Å². The van der Waals surface area contributed by atoms with Crippen molar-refractivity contribution in [2.24, 2.45) is 0 Å². The Morgan fingerprint density at radius 1 is 1.32 bits per heavy atom. The minimum absolute atomic E-state index is 0.0185. The number of amides is 1. The van der Waals surface area contributed by atoms with Crippen LogP contribution in [0.3, 0.4) is 0 Å². The molecule has 134 valence electrons. The highest BCUT2D eigenvalue weighted by Crippen LogP contribution is 2.31. The van der Waals surface area contributed by atoms with E-state index in [9.17, 15) is 9.59 Å². The monoisotopic (exact) mass is 344 g/mol. The summed E-state index contributed by atoms with van der Waals surface area (Å²) >= 11 is 0. The Labute approximate surface area is 148 Å². The molecule has 3 rings (SSSR count). The zero-order valence-electron chi connectivity index (χ0n) is 15.2. The Morgan fingerprint density at radius 3 is 2.80 bits per heavy atom. The summed E-state index contributed by atoms with van der Waals surface area (Å²) in [6.45, 7) is 6.02. The SMILES string of the molecule is CC(C)(C)OC(=O)/[N+](=C\C1CCc2ccccc21)C1COCC(=O)C1. The quantitative estimate of drug-likeness (QED) is 0.611. The Kier molecular flexibility index (Phi) is 5.04. The highest BCUT2D eigenvalue weighted by molar-refractivity contribution is 5.81. The van der Waals surface area contributed by atoms with Gasteiger partial charge in [0.15, 0.2) is 18.0 Å². The number of rotatable bonds is 2. The molecule has 1 heterocycles. The summed E-state index contributed by atoms with van der Waals surface area (Å²) in [6.07, 6.45) is 3.79. The average molecular weight is 344 g/mol. The van der Waals surface area contributed by atoms with E-state index in [1.54, 1.807) is 4.58 Å². The van der Waals surface area contributed by atoms with E-state index in [0.717, 1.165) is 12.8 Å². The number of ketones is 1. The molecule has 1 aliphatic heterocycles. The van der Waals surface area contributed by atoms with Gasteiger partial charge in [0.2, 0.25) is 0 Å². The summed E-state index contributed by atoms with van der Waals surface area (Å²) in [6, 6.07) is 8.01. The predicted octanol–water partition coefficient (Wildman–Crippen LogP) is 3.09. The molecule has 2 aliphatic rings. The number of ether oxygens (including phenoxy) is 2. The standard InChI is InChI=1S/C20H26NO4/c1-20(2,3)25-19(23)21(16-10-17(22)13-24-12-16)11-15-9-8-14-6-4-5-7-18(14)15/h4-7,11,15-16H,8-10,12-13H2,1-3H3/q+1/b21-11-. The molecule has 1 aromatic rings. The number of Topliss-reactive ketones (excluding diaryl/α,β-unsaturated/α-hetero) is 1. The van der Waals surface area contributed by atoms with E-state index in [2.05, 4.69) is 12.1 Å². The molecule has 25 heavy (non-hydrogen) atoms. The number of carbonyl (C=O) groups excluding carboxylic acids is 2. The third-order valence-electron chi connectivity index (χ3n) is 4.55. The molecule has 1 saturated heterocycles. The fourth-order valence-electron chi connectivity index (χ4n) is 3.45. The van der Waals surface area contributed by atoms with Crippen molar-refractivity contribution < 1.29 is 23.6 Å². The maximum Gasteiger partial charge on any atom is 0.596 e. The van der Waals surface area contributed by atoms with Crippen molar-refractivity contribution in [3.05, 3.63) is 35.4 Å². The second-order valence-corrected chi connectivity index (χ2v) is 7.79. The molecule has 0 spiro atoms. The lowest BCUT2D eigenvalue weighted by Crippen LogP contribution is -2.44. The molecule has 0 radical (unpaired) electrons. The van der Waals surface area contributed by atoms with Crippen LogP contribution >= 0.6 is 0 Å². The van der Waals surface area contributed by atoms with Crippen LogP contribution in [-0.4, -0.2) is 47.5 Å². The van der Waals surface area contributed by atoms with Crippen LogP contribution in [0, 0.1) is 0 Å². The first-order chi connectivity index (χ1) is 11.8. The van der Waals surface area contributed by atoms with Gasteiger partial charge in [0.25, 0.3) is 0 Å². The second kappa shape index (κ2) is 7.08. The molecule has 0 saturated carbocycles. The molecular formula is C20H26NO4+. The van der Waals surface area contributed by atoms with E-state index >= 15 is 0 Å². The van der Waals surface area contributed by atoms with Crippen LogP contribution in [-0.2, 0) is 20.7 Å². The Bertz CT molecular complexity index is 702. The van der Waals surface area contributed by atoms with E-state index in [1.807, 2.05) is 39.1 Å². The zero-order valence-corrected chi connectivity index (χ0v) is 15.2. The van der Waals surface area contributed by atoms with Crippen molar-refractivity contribution in [3.63, 3.8) is 0 Å². The van der Waals surface area contributed by atoms with Gasteiger partial charge in [0.1, 0.15) is 18.8 Å². The Balaban J connectivity index is 1.90. The number of carbonyl (C=O) groups is 2. The van der Waals surface area contributed by atoms with Gasteiger partial charge in [-0.15, -0.1) is 4.58 Å². The van der Waals surface area contributed by atoms with Crippen LogP contribution in [0.15, 0.2) is 24.3 Å². The number of nitrogens with zero attached hydrogens (tertiary/aromatic N) is 1. The molecular weight excluding hydrogens is 318 g/mol. The number of hydrogen-bond donors (Lipinski definition) is 0. The lowest BCUT2D eigenvalue weighted by atomic mass is 10.0. The first kappa shape index (κ1) is 17.8. The molecule has 2 unspecified atom stereocenters. The first-order valence-electron chi connectivity index (χ1n) is 8.87. The third-order valence-corrected chi connectivity index (χ3v) is 4.55. The van der Waals surface area contributed by atoms with Crippen molar-refractivity contribution in [1.82, 2.24) is 0 Å². The van der Waals surface area contributed by atoms with Crippen LogP contribution < -0.4 is 0 Å². The highest BCUT2D eigenvalue weighted by atomic mass is 16.6. The molecule has 0 aromatic heterocycles. The fraction of sp³-hybridized carbons (Fsp3) is 0.550. The maximum absolute atomic E-state index is 12.8. The molecule has 1 aliphatic carbocycles. The van der Waals surface area contributed by atoms with E-state index in [1.165, 1.54) is 11.1 Å². The van der Waals surface area contributed by atoms with Crippen molar-refractivity contribution in [3.8, 4) is 0 Å². The molecule has 1 fully saturated rings. The lowest BCUT2D eigenvalue weighted by Gasteiger charge is -2.22. The zero-order chi connectivity index (χ0) is 18.0. The van der Waals surface area contributed by atoms with Crippen LogP contribution in [0.4, 0.5) is 4.79 Å². The Hall–Kier alpha value is -2.01. The van der Waals surface area contributed by atoms with Gasteiger partial charge in [-0.05, 0) is 44.7 Å². The van der Waals surface area contributed by atoms with Crippen LogP contribution in [0.5, 0.6) is 0 Å². The van der Waals surface area contributed by atoms with E-state index in [0.29, 0.717) is 13.0 Å². The van der Waals surface area contributed by atoms with Gasteiger partial charge in [-0.1, -0.05) is 24.3 Å². The maximum atomic E-state index is 12.8. The highest BCUT2D eigenvalue weighted by Gasteiger charge is 2.38. The number of aryl methyl sites for hydroxylation is 1. The minimum atomic E-state index is -0.587. The third kappa shape index (κ3) is 4.34. The summed E-state index contributed by atoms with van der Waals surface area (Å²) < 4.78 is 12.5. The average Bonchev–Trinajstić information content (AvgIpc) is 2.94. The normalized spacial score (nSPS) is 24.1. The number of fused-ring (bicyclic) bond motifs is 1. The molecule has 1 aromatic carbocycles. The smallest absolute Gasteiger partial charge is 0.406 e. The second-order valence-electron chi connectivity index (χ2n) is 7.79. The van der Waals surface area contributed by atoms with Gasteiger partial charge in [-0.3, -0.25) is 4.79 Å². The Morgan fingerprint density at radius 2 is 2.08 bits per heavy atom. The van der Waals surface area contributed by atoms with Gasteiger partial charge < -0.3 is 9.47 Å². The van der Waals surface area contributed by atoms with E-state index in [4.69, 9.17) is 9.47 Å². The van der Waals surface area contributed by atoms with Crippen molar-refractivity contribution in [2.75, 3.05) is 13.2 Å². The summed E-state index contributed by atoms with van der Waals surface area (Å²) in [5.41, 5.74) is 1.99. The summed E-state index contributed by atoms with van der Waals surface area (Å²) in [5.74, 6) is 0.172. The number of hydrogen-bond acceptors (Lipinski definition) is 4. The van der Waals surface area contributed by atoms with Gasteiger partial charge in [0.05, 0.1) is 12.3 Å². The molecule has 0 bridgehead atoms. The lowest BCUT2D eigenvalue weighted by molar-refractivity contribution is -0.494. The van der Waals surface area contributed by atoms with Gasteiger partial charge in [-0.2, -0.15) is 4.79 Å². The summed E-state index contributed by atoms with van der Waals surface area (Å²) in [7, 11) is 0. The van der Waals surface area contributed by atoms with Crippen LogP contribution in [0.25, 0.3) is 0 Å². The summed E-state index contributed by atoms with van der Waals surface area (Å²) in [5, 5.41) is 0. The van der Waals surface area contributed by atoms with E-state index in [-0.39, 0.29) is 24.3 Å². The number of benzene rings is 1. The molecule has 5 heteroatoms. The first-order valence-corrected chi connectivity index (χ1v) is 8.87. The van der Waals surface area contributed by atoms with Gasteiger partial charge >= 0.3 is 6.09 Å². The molecule has 1 amide bonds. The van der Waals surface area contributed by atoms with Crippen molar-refractivity contribution in [2.45, 2.75) is 57.6 Å². The van der Waals surface area contributed by atoms with Crippen LogP contribution in [0.2, 0.25) is 0 Å². The van der Waals surface area contributed by atoms with Crippen molar-refractivity contribution >= 4 is 18.1 Å². The fourth-order valence-corrected chi connectivity index (χ4v) is 3.45. The van der Waals surface area contributed by atoms with Gasteiger partial charge in [0, 0.05) is 0 Å². The minimum Gasteiger partial charge on any atom is -0.406 e. The molecule has 0 N–H and O–H groups in total. The summed E-state index contributed by atoms with van der Waals surface area (Å²) in [4.78, 5) is 24.6. The molecule has 2 atom stereocenters. The predicted molar refractivity (Wildman–Crippen MR) is 94.3 cm³/mol. The molecule has 5 nitrogen and oxygen atoms in total. The largest absolute Gasteiger partial charge is 0.596 e. The van der Waals surface area contributed by atoms with Crippen molar-refractivity contribution in [1.29, 1.82) is 0 Å².